The summed E-state index contributed by atoms with van der Waals surface area (Å²) >= 11 is 4.67. The molecule has 82 valence electrons. The second-order valence-corrected chi connectivity index (χ2v) is 3.58. The Morgan fingerprint density at radius 3 is 2.47 bits per heavy atom. The number of nitrogens with one attached hydrogen (secondary N) is 1. The maximum absolute atomic E-state index is 12.2. The number of alkyl halides is 3. The van der Waals surface area contributed by atoms with Gasteiger partial charge in [-0.25, -0.2) is 0 Å². The molecule has 0 aromatic heterocycles. The molecule has 0 fully saturated rings. The van der Waals surface area contributed by atoms with E-state index >= 15 is 0 Å². The van der Waals surface area contributed by atoms with Gasteiger partial charge in [0.1, 0.15) is 0 Å². The summed E-state index contributed by atoms with van der Waals surface area (Å²) in [7, 11) is 0. The molecule has 0 bridgehead atoms. The molecule has 0 atom stereocenters. The minimum Gasteiger partial charge on any atom is -0.326 e. The summed E-state index contributed by atoms with van der Waals surface area (Å²) < 4.78 is 24.4. The van der Waals surface area contributed by atoms with Gasteiger partial charge in [-0.1, -0.05) is 18.2 Å². The van der Waals surface area contributed by atoms with Crippen LogP contribution in [-0.4, -0.2) is 11.3 Å². The molecule has 1 N–H and O–H groups in total. The molecule has 2 nitrogen and oxygen atoms in total. The SMILES string of the molecule is O=C(CCC(F)(F)Cl)Nc1ccccc1. The Labute approximate surface area is 91.2 Å². The molecule has 1 rings (SSSR count). The van der Waals surface area contributed by atoms with Crippen molar-refractivity contribution in [2.75, 3.05) is 5.32 Å². The van der Waals surface area contributed by atoms with Gasteiger partial charge in [0.25, 0.3) is 0 Å². The van der Waals surface area contributed by atoms with E-state index in [-0.39, 0.29) is 6.42 Å². The van der Waals surface area contributed by atoms with Crippen molar-refractivity contribution in [2.45, 2.75) is 18.2 Å². The minimum atomic E-state index is -3.31. The maximum atomic E-state index is 12.2. The summed E-state index contributed by atoms with van der Waals surface area (Å²) in [6.45, 7) is 0. The number of halogens is 3. The van der Waals surface area contributed by atoms with E-state index in [0.29, 0.717) is 5.69 Å². The van der Waals surface area contributed by atoms with Crippen LogP contribution in [0.25, 0.3) is 0 Å². The summed E-state index contributed by atoms with van der Waals surface area (Å²) in [4.78, 5) is 11.2. The second kappa shape index (κ2) is 5.07. The van der Waals surface area contributed by atoms with Crippen molar-refractivity contribution in [3.05, 3.63) is 30.3 Å². The molecule has 1 aromatic carbocycles. The van der Waals surface area contributed by atoms with Crippen molar-refractivity contribution in [3.8, 4) is 0 Å². The van der Waals surface area contributed by atoms with Crippen LogP contribution in [0.15, 0.2) is 30.3 Å². The van der Waals surface area contributed by atoms with Crippen LogP contribution < -0.4 is 5.32 Å². The first-order valence-corrected chi connectivity index (χ1v) is 4.77. The molecular weight excluding hydrogens is 224 g/mol. The zero-order valence-electron chi connectivity index (χ0n) is 7.84. The van der Waals surface area contributed by atoms with E-state index in [0.717, 1.165) is 0 Å². The van der Waals surface area contributed by atoms with Crippen molar-refractivity contribution in [2.24, 2.45) is 0 Å². The Bertz CT molecular complexity index is 324. The van der Waals surface area contributed by atoms with E-state index in [2.05, 4.69) is 16.9 Å². The quantitative estimate of drug-likeness (QED) is 0.795. The lowest BCUT2D eigenvalue weighted by atomic mass is 10.2. The highest BCUT2D eigenvalue weighted by molar-refractivity contribution is 6.21. The molecule has 1 aromatic rings. The van der Waals surface area contributed by atoms with E-state index in [4.69, 9.17) is 0 Å². The molecule has 0 heterocycles. The Hall–Kier alpha value is -1.16. The average Bonchev–Trinajstić information content (AvgIpc) is 2.15. The Balaban J connectivity index is 2.38. The molecule has 0 aliphatic heterocycles. The fourth-order valence-electron chi connectivity index (χ4n) is 1.00. The fraction of sp³-hybridized carbons (Fsp3) is 0.300. The number of hydrogen-bond donors (Lipinski definition) is 1. The van der Waals surface area contributed by atoms with Gasteiger partial charge >= 0.3 is 5.38 Å². The Morgan fingerprint density at radius 2 is 1.93 bits per heavy atom. The van der Waals surface area contributed by atoms with Gasteiger partial charge < -0.3 is 5.32 Å². The molecule has 0 aliphatic carbocycles. The van der Waals surface area contributed by atoms with Crippen LogP contribution in [0.2, 0.25) is 0 Å². The number of para-hydroxylation sites is 1. The van der Waals surface area contributed by atoms with Crippen molar-refractivity contribution < 1.29 is 13.6 Å². The lowest BCUT2D eigenvalue weighted by molar-refractivity contribution is -0.117. The predicted molar refractivity (Wildman–Crippen MR) is 55.1 cm³/mol. The van der Waals surface area contributed by atoms with E-state index in [1.54, 1.807) is 30.3 Å². The van der Waals surface area contributed by atoms with Crippen LogP contribution in [0.4, 0.5) is 14.5 Å². The molecule has 0 spiro atoms. The van der Waals surface area contributed by atoms with Crippen LogP contribution in [0.5, 0.6) is 0 Å². The summed E-state index contributed by atoms with van der Waals surface area (Å²) in [5, 5.41) is -0.828. The third-order valence-corrected chi connectivity index (χ3v) is 1.88. The van der Waals surface area contributed by atoms with Gasteiger partial charge in [-0.2, -0.15) is 8.78 Å². The summed E-state index contributed by atoms with van der Waals surface area (Å²) in [6, 6.07) is 8.63. The lowest BCUT2D eigenvalue weighted by Gasteiger charge is -2.07. The number of carbonyl (C=O) groups is 1. The van der Waals surface area contributed by atoms with E-state index in [9.17, 15) is 13.6 Å². The molecule has 0 aliphatic rings. The summed E-state index contributed by atoms with van der Waals surface area (Å²) in [5.74, 6) is -0.471. The molecule has 0 unspecified atom stereocenters. The van der Waals surface area contributed by atoms with Crippen molar-refractivity contribution in [1.29, 1.82) is 0 Å². The zero-order valence-corrected chi connectivity index (χ0v) is 8.60. The first-order valence-electron chi connectivity index (χ1n) is 4.39. The first kappa shape index (κ1) is 11.9. The summed E-state index contributed by atoms with van der Waals surface area (Å²) in [6.07, 6.45) is -0.960. The van der Waals surface area contributed by atoms with Crippen LogP contribution >= 0.6 is 11.6 Å². The fourth-order valence-corrected chi connectivity index (χ4v) is 1.09. The van der Waals surface area contributed by atoms with Crippen LogP contribution in [0, 0.1) is 0 Å². The molecule has 1 amide bonds. The highest BCUT2D eigenvalue weighted by Crippen LogP contribution is 2.24. The number of benzene rings is 1. The lowest BCUT2D eigenvalue weighted by Crippen LogP contribution is -2.15. The molecular formula is C10H10ClF2NO. The van der Waals surface area contributed by atoms with Gasteiger partial charge in [-0.05, 0) is 23.7 Å². The van der Waals surface area contributed by atoms with Gasteiger partial charge in [0, 0.05) is 18.5 Å². The summed E-state index contributed by atoms with van der Waals surface area (Å²) in [5.41, 5.74) is 0.584. The number of hydrogen-bond acceptors (Lipinski definition) is 1. The highest BCUT2D eigenvalue weighted by atomic mass is 35.5. The van der Waals surface area contributed by atoms with E-state index < -0.39 is 17.7 Å². The zero-order chi connectivity index (χ0) is 11.3. The number of carbonyl (C=O) groups excluding carboxylic acids is 1. The third-order valence-electron chi connectivity index (χ3n) is 1.69. The predicted octanol–water partition coefficient (Wildman–Crippen LogP) is 3.24. The first-order chi connectivity index (χ1) is 6.97. The van der Waals surface area contributed by atoms with Crippen LogP contribution in [0.1, 0.15) is 12.8 Å². The van der Waals surface area contributed by atoms with E-state index in [1.165, 1.54) is 0 Å². The topological polar surface area (TPSA) is 29.1 Å². The third kappa shape index (κ3) is 5.32. The molecule has 0 radical (unpaired) electrons. The van der Waals surface area contributed by atoms with Crippen molar-refractivity contribution in [1.82, 2.24) is 0 Å². The number of anilines is 1. The van der Waals surface area contributed by atoms with Crippen molar-refractivity contribution in [3.63, 3.8) is 0 Å². The number of rotatable bonds is 4. The Kier molecular flexibility index (Phi) is 4.03. The smallest absolute Gasteiger partial charge is 0.322 e. The van der Waals surface area contributed by atoms with Gasteiger partial charge in [0.2, 0.25) is 5.91 Å². The highest BCUT2D eigenvalue weighted by Gasteiger charge is 2.25. The Morgan fingerprint density at radius 1 is 1.33 bits per heavy atom. The van der Waals surface area contributed by atoms with Gasteiger partial charge in [0.05, 0.1) is 0 Å². The number of amides is 1. The average molecular weight is 234 g/mol. The van der Waals surface area contributed by atoms with Gasteiger partial charge in [-0.15, -0.1) is 0 Å². The maximum Gasteiger partial charge on any atom is 0.322 e. The van der Waals surface area contributed by atoms with Crippen LogP contribution in [-0.2, 0) is 4.79 Å². The monoisotopic (exact) mass is 233 g/mol. The van der Waals surface area contributed by atoms with Gasteiger partial charge in [-0.3, -0.25) is 4.79 Å². The molecule has 5 heteroatoms. The van der Waals surface area contributed by atoms with Crippen LogP contribution in [0.3, 0.4) is 0 Å². The second-order valence-electron chi connectivity index (χ2n) is 3.03. The van der Waals surface area contributed by atoms with Gasteiger partial charge in [0.15, 0.2) is 0 Å². The standard InChI is InChI=1S/C10H10ClF2NO/c11-10(12,13)7-6-9(15)14-8-4-2-1-3-5-8/h1-5H,6-7H2,(H,14,15). The normalized spacial score (nSPS) is 11.1. The van der Waals surface area contributed by atoms with Crippen molar-refractivity contribution >= 4 is 23.2 Å². The molecule has 0 saturated heterocycles. The molecule has 15 heavy (non-hydrogen) atoms. The van der Waals surface area contributed by atoms with E-state index in [1.807, 2.05) is 0 Å². The minimum absolute atomic E-state index is 0.300. The molecule has 0 saturated carbocycles. The largest absolute Gasteiger partial charge is 0.326 e.